The van der Waals surface area contributed by atoms with Crippen molar-refractivity contribution < 1.29 is 9.53 Å². The van der Waals surface area contributed by atoms with Crippen molar-refractivity contribution in [3.05, 3.63) is 12.2 Å². The van der Waals surface area contributed by atoms with Gasteiger partial charge in [0.1, 0.15) is 0 Å². The molecule has 0 saturated carbocycles. The standard InChI is InChI=1S/C15H29NO2/c1-10-12(18-13(17)11(2)3)16(14(4,5)6)15(7,8)9/h12H,2,10H2,1,3-9H3. The highest BCUT2D eigenvalue weighted by atomic mass is 16.6. The van der Waals surface area contributed by atoms with Crippen molar-refractivity contribution in [3.63, 3.8) is 0 Å². The van der Waals surface area contributed by atoms with Crippen LogP contribution in [0.4, 0.5) is 0 Å². The minimum Gasteiger partial charge on any atom is -0.443 e. The number of carbonyl (C=O) groups is 1. The summed E-state index contributed by atoms with van der Waals surface area (Å²) in [6.07, 6.45) is 0.530. The van der Waals surface area contributed by atoms with E-state index in [1.54, 1.807) is 6.92 Å². The minimum absolute atomic E-state index is 0.0751. The number of rotatable bonds is 4. The van der Waals surface area contributed by atoms with Crippen molar-refractivity contribution in [2.24, 2.45) is 0 Å². The molecule has 0 N–H and O–H groups in total. The van der Waals surface area contributed by atoms with Crippen LogP contribution in [-0.2, 0) is 9.53 Å². The molecule has 0 rings (SSSR count). The lowest BCUT2D eigenvalue weighted by Gasteiger charge is -2.49. The number of carbonyl (C=O) groups excluding carboxylic acids is 1. The number of hydrogen-bond acceptors (Lipinski definition) is 3. The van der Waals surface area contributed by atoms with E-state index in [9.17, 15) is 4.79 Å². The molecular weight excluding hydrogens is 226 g/mol. The molecule has 1 atom stereocenters. The highest BCUT2D eigenvalue weighted by Gasteiger charge is 2.38. The molecule has 0 aromatic rings. The van der Waals surface area contributed by atoms with Crippen LogP contribution in [0.3, 0.4) is 0 Å². The van der Waals surface area contributed by atoms with E-state index in [0.717, 1.165) is 6.42 Å². The van der Waals surface area contributed by atoms with E-state index < -0.39 is 0 Å². The molecule has 0 fully saturated rings. The van der Waals surface area contributed by atoms with Crippen molar-refractivity contribution in [2.75, 3.05) is 0 Å². The van der Waals surface area contributed by atoms with Crippen LogP contribution < -0.4 is 0 Å². The van der Waals surface area contributed by atoms with Gasteiger partial charge in [-0.15, -0.1) is 0 Å². The van der Waals surface area contributed by atoms with Crippen LogP contribution >= 0.6 is 0 Å². The Labute approximate surface area is 112 Å². The Balaban J connectivity index is 5.19. The van der Waals surface area contributed by atoms with Gasteiger partial charge in [-0.05, 0) is 54.9 Å². The summed E-state index contributed by atoms with van der Waals surface area (Å²) in [6, 6.07) is 0. The van der Waals surface area contributed by atoms with Gasteiger partial charge >= 0.3 is 5.97 Å². The summed E-state index contributed by atoms with van der Waals surface area (Å²) in [5, 5.41) is 0. The summed E-state index contributed by atoms with van der Waals surface area (Å²) in [7, 11) is 0. The third kappa shape index (κ3) is 4.81. The van der Waals surface area contributed by atoms with Crippen LogP contribution in [-0.4, -0.2) is 28.2 Å². The fraction of sp³-hybridized carbons (Fsp3) is 0.800. The van der Waals surface area contributed by atoms with E-state index in [1.807, 2.05) is 6.92 Å². The van der Waals surface area contributed by atoms with E-state index in [0.29, 0.717) is 5.57 Å². The molecular formula is C15H29NO2. The molecule has 0 amide bonds. The maximum Gasteiger partial charge on any atom is 0.334 e. The normalized spacial score (nSPS) is 14.5. The van der Waals surface area contributed by atoms with Gasteiger partial charge in [0.05, 0.1) is 0 Å². The molecule has 0 bridgehead atoms. The number of esters is 1. The summed E-state index contributed by atoms with van der Waals surface area (Å²) in [5.74, 6) is -0.319. The van der Waals surface area contributed by atoms with Crippen molar-refractivity contribution in [1.82, 2.24) is 4.90 Å². The van der Waals surface area contributed by atoms with Crippen molar-refractivity contribution in [2.45, 2.75) is 79.1 Å². The van der Waals surface area contributed by atoms with Crippen molar-refractivity contribution in [3.8, 4) is 0 Å². The largest absolute Gasteiger partial charge is 0.443 e. The monoisotopic (exact) mass is 255 g/mol. The summed E-state index contributed by atoms with van der Waals surface area (Å²) in [4.78, 5) is 14.0. The molecule has 0 radical (unpaired) electrons. The molecule has 3 heteroatoms. The Hall–Kier alpha value is -0.830. The highest BCUT2D eigenvalue weighted by Crippen LogP contribution is 2.29. The third-order valence-corrected chi connectivity index (χ3v) is 2.67. The van der Waals surface area contributed by atoms with Crippen molar-refractivity contribution in [1.29, 1.82) is 0 Å². The number of nitrogens with zero attached hydrogens (tertiary/aromatic N) is 1. The van der Waals surface area contributed by atoms with Gasteiger partial charge < -0.3 is 4.74 Å². The van der Waals surface area contributed by atoms with Crippen LogP contribution in [0, 0.1) is 0 Å². The Morgan fingerprint density at radius 1 is 1.17 bits per heavy atom. The lowest BCUT2D eigenvalue weighted by atomic mass is 9.95. The Kier molecular flexibility index (Phi) is 5.60. The fourth-order valence-electron chi connectivity index (χ4n) is 2.41. The Morgan fingerprint density at radius 3 is 1.78 bits per heavy atom. The topological polar surface area (TPSA) is 29.5 Å². The van der Waals surface area contributed by atoms with E-state index >= 15 is 0 Å². The van der Waals surface area contributed by atoms with Gasteiger partial charge in [0.2, 0.25) is 0 Å². The molecule has 3 nitrogen and oxygen atoms in total. The summed E-state index contributed by atoms with van der Waals surface area (Å²) in [6.45, 7) is 20.1. The second kappa shape index (κ2) is 5.87. The third-order valence-electron chi connectivity index (χ3n) is 2.67. The van der Waals surface area contributed by atoms with Gasteiger partial charge in [-0.25, -0.2) is 4.79 Å². The quantitative estimate of drug-likeness (QED) is 0.435. The van der Waals surface area contributed by atoms with Gasteiger partial charge in [0.15, 0.2) is 6.23 Å². The Morgan fingerprint density at radius 2 is 1.56 bits per heavy atom. The Bertz CT molecular complexity index is 293. The second-order valence-corrected chi connectivity index (χ2v) is 6.76. The molecule has 0 saturated heterocycles. The molecule has 106 valence electrons. The van der Waals surface area contributed by atoms with E-state index in [-0.39, 0.29) is 23.3 Å². The smallest absolute Gasteiger partial charge is 0.334 e. The molecule has 18 heavy (non-hydrogen) atoms. The van der Waals surface area contributed by atoms with Gasteiger partial charge in [0.25, 0.3) is 0 Å². The zero-order chi connectivity index (χ0) is 14.7. The highest BCUT2D eigenvalue weighted by molar-refractivity contribution is 5.87. The first-order chi connectivity index (χ1) is 7.91. The second-order valence-electron chi connectivity index (χ2n) is 6.76. The number of ether oxygens (including phenoxy) is 1. The molecule has 0 aliphatic heterocycles. The van der Waals surface area contributed by atoms with Gasteiger partial charge in [-0.3, -0.25) is 4.90 Å². The van der Waals surface area contributed by atoms with Crippen LogP contribution in [0.25, 0.3) is 0 Å². The molecule has 0 spiro atoms. The van der Waals surface area contributed by atoms with E-state index in [2.05, 4.69) is 53.0 Å². The van der Waals surface area contributed by atoms with E-state index in [1.165, 1.54) is 0 Å². The van der Waals surface area contributed by atoms with Crippen LogP contribution in [0.2, 0.25) is 0 Å². The lowest BCUT2D eigenvalue weighted by molar-refractivity contribution is -0.170. The molecule has 0 aliphatic carbocycles. The first-order valence-electron chi connectivity index (χ1n) is 6.57. The summed E-state index contributed by atoms with van der Waals surface area (Å²) in [5.41, 5.74) is 0.291. The predicted molar refractivity (Wildman–Crippen MR) is 76.3 cm³/mol. The lowest BCUT2D eigenvalue weighted by Crippen LogP contribution is -2.58. The summed E-state index contributed by atoms with van der Waals surface area (Å²) < 4.78 is 5.56. The maximum absolute atomic E-state index is 11.7. The van der Waals surface area contributed by atoms with Crippen LogP contribution in [0.15, 0.2) is 12.2 Å². The average Bonchev–Trinajstić information content (AvgIpc) is 2.11. The molecule has 1 unspecified atom stereocenters. The first-order valence-corrected chi connectivity index (χ1v) is 6.57. The van der Waals surface area contributed by atoms with Crippen LogP contribution in [0.1, 0.15) is 61.8 Å². The molecule has 0 aromatic heterocycles. The average molecular weight is 255 g/mol. The maximum atomic E-state index is 11.7. The van der Waals surface area contributed by atoms with Gasteiger partial charge in [-0.1, -0.05) is 13.5 Å². The zero-order valence-electron chi connectivity index (χ0n) is 13.3. The van der Waals surface area contributed by atoms with E-state index in [4.69, 9.17) is 4.74 Å². The predicted octanol–water partition coefficient (Wildman–Crippen LogP) is 3.74. The zero-order valence-corrected chi connectivity index (χ0v) is 13.3. The van der Waals surface area contributed by atoms with Gasteiger partial charge in [0, 0.05) is 16.7 Å². The molecule has 0 aromatic carbocycles. The fourth-order valence-corrected chi connectivity index (χ4v) is 2.41. The van der Waals surface area contributed by atoms with Gasteiger partial charge in [-0.2, -0.15) is 0 Å². The molecule has 0 heterocycles. The summed E-state index contributed by atoms with van der Waals surface area (Å²) >= 11 is 0. The molecule has 0 aliphatic rings. The minimum atomic E-state index is -0.319. The first kappa shape index (κ1) is 17.2. The SMILES string of the molecule is C=C(C)C(=O)OC(CC)N(C(C)(C)C)C(C)(C)C. The number of hydrogen-bond donors (Lipinski definition) is 0. The van der Waals surface area contributed by atoms with Crippen molar-refractivity contribution >= 4 is 5.97 Å². The van der Waals surface area contributed by atoms with Crippen LogP contribution in [0.5, 0.6) is 0 Å².